The molecule has 0 aliphatic rings. The lowest BCUT2D eigenvalue weighted by Gasteiger charge is -2.17. The van der Waals surface area contributed by atoms with Gasteiger partial charge in [-0.25, -0.2) is 4.39 Å². The molecule has 2 N–H and O–H groups in total. The van der Waals surface area contributed by atoms with Crippen molar-refractivity contribution in [1.82, 2.24) is 5.32 Å². The lowest BCUT2D eigenvalue weighted by molar-refractivity contribution is -0.117. The Hall–Kier alpha value is -1.88. The molecule has 1 atom stereocenters. The molecule has 0 radical (unpaired) electrons. The maximum atomic E-state index is 13.5. The van der Waals surface area contributed by atoms with E-state index in [2.05, 4.69) is 5.32 Å². The predicted octanol–water partition coefficient (Wildman–Crippen LogP) is 2.37. The molecule has 0 bridgehead atoms. The van der Waals surface area contributed by atoms with Crippen LogP contribution >= 0.6 is 0 Å². The summed E-state index contributed by atoms with van der Waals surface area (Å²) >= 11 is 0. The minimum Gasteiger partial charge on any atom is -0.494 e. The smallest absolute Gasteiger partial charge is 0.244 e. The summed E-state index contributed by atoms with van der Waals surface area (Å²) in [6.07, 6.45) is 3.54. The fourth-order valence-electron chi connectivity index (χ4n) is 1.96. The molecule has 4 nitrogen and oxygen atoms in total. The molecule has 0 spiro atoms. The van der Waals surface area contributed by atoms with E-state index in [0.29, 0.717) is 17.9 Å². The van der Waals surface area contributed by atoms with E-state index in [1.807, 2.05) is 13.8 Å². The third-order valence-electron chi connectivity index (χ3n) is 2.93. The lowest BCUT2D eigenvalue weighted by atomic mass is 10.0. The number of halogens is 1. The van der Waals surface area contributed by atoms with Crippen LogP contribution in [0.3, 0.4) is 0 Å². The largest absolute Gasteiger partial charge is 0.494 e. The van der Waals surface area contributed by atoms with Crippen LogP contribution < -0.4 is 10.1 Å². The quantitative estimate of drug-likeness (QED) is 0.759. The van der Waals surface area contributed by atoms with E-state index in [1.165, 1.54) is 31.4 Å². The van der Waals surface area contributed by atoms with Gasteiger partial charge >= 0.3 is 0 Å². The van der Waals surface area contributed by atoms with Crippen LogP contribution in [0.5, 0.6) is 5.75 Å². The van der Waals surface area contributed by atoms with E-state index in [1.54, 1.807) is 6.07 Å². The van der Waals surface area contributed by atoms with Crippen molar-refractivity contribution in [3.63, 3.8) is 0 Å². The van der Waals surface area contributed by atoms with E-state index < -0.39 is 5.82 Å². The molecule has 0 aromatic heterocycles. The number of amides is 1. The minimum absolute atomic E-state index is 0.102. The average Bonchev–Trinajstić information content (AvgIpc) is 2.44. The number of rotatable bonds is 7. The first kappa shape index (κ1) is 17.2. The van der Waals surface area contributed by atoms with Crippen molar-refractivity contribution < 1.29 is 19.0 Å². The number of nitrogens with one attached hydrogen (secondary N) is 1. The summed E-state index contributed by atoms with van der Waals surface area (Å²) in [5.41, 5.74) is 0.563. The molecule has 1 unspecified atom stereocenters. The van der Waals surface area contributed by atoms with Gasteiger partial charge in [-0.15, -0.1) is 0 Å². The van der Waals surface area contributed by atoms with Crippen LogP contribution in [0.15, 0.2) is 24.3 Å². The van der Waals surface area contributed by atoms with Gasteiger partial charge in [0, 0.05) is 6.08 Å². The highest BCUT2D eigenvalue weighted by Crippen LogP contribution is 2.18. The zero-order valence-electron chi connectivity index (χ0n) is 12.6. The second-order valence-corrected chi connectivity index (χ2v) is 5.24. The lowest BCUT2D eigenvalue weighted by Crippen LogP contribution is -2.37. The molecular weight excluding hydrogens is 273 g/mol. The maximum absolute atomic E-state index is 13.5. The van der Waals surface area contributed by atoms with Crippen molar-refractivity contribution in [1.29, 1.82) is 0 Å². The Bertz CT molecular complexity index is 500. The first-order chi connectivity index (χ1) is 9.96. The maximum Gasteiger partial charge on any atom is 0.244 e. The number of hydrogen-bond acceptors (Lipinski definition) is 3. The van der Waals surface area contributed by atoms with Crippen LogP contribution in [0.2, 0.25) is 0 Å². The van der Waals surface area contributed by atoms with Gasteiger partial charge in [-0.2, -0.15) is 0 Å². The van der Waals surface area contributed by atoms with Crippen molar-refractivity contribution in [2.75, 3.05) is 13.7 Å². The molecule has 0 aliphatic carbocycles. The van der Waals surface area contributed by atoms with Gasteiger partial charge in [-0.1, -0.05) is 19.9 Å². The Morgan fingerprint density at radius 1 is 1.48 bits per heavy atom. The van der Waals surface area contributed by atoms with Crippen LogP contribution in [0.1, 0.15) is 25.8 Å². The van der Waals surface area contributed by atoms with Gasteiger partial charge in [0.15, 0.2) is 11.6 Å². The summed E-state index contributed by atoms with van der Waals surface area (Å²) < 4.78 is 18.3. The standard InChI is InChI=1S/C16H22FNO3/c1-11(2)8-13(10-19)18-16(20)7-5-12-4-6-15(21-3)14(17)9-12/h4-7,9,11,13,19H,8,10H2,1-3H3,(H,18,20). The zero-order chi connectivity index (χ0) is 15.8. The highest BCUT2D eigenvalue weighted by atomic mass is 19.1. The summed E-state index contributed by atoms with van der Waals surface area (Å²) in [7, 11) is 1.39. The Labute approximate surface area is 124 Å². The molecule has 1 amide bonds. The highest BCUT2D eigenvalue weighted by Gasteiger charge is 2.11. The highest BCUT2D eigenvalue weighted by molar-refractivity contribution is 5.91. The van der Waals surface area contributed by atoms with Crippen LogP contribution in [0.4, 0.5) is 4.39 Å². The minimum atomic E-state index is -0.479. The van der Waals surface area contributed by atoms with Crippen LogP contribution in [0.25, 0.3) is 6.08 Å². The van der Waals surface area contributed by atoms with Crippen molar-refractivity contribution in [3.8, 4) is 5.75 Å². The average molecular weight is 295 g/mol. The number of aliphatic hydroxyl groups excluding tert-OH is 1. The topological polar surface area (TPSA) is 58.6 Å². The molecule has 116 valence electrons. The number of methoxy groups -OCH3 is 1. The van der Waals surface area contributed by atoms with E-state index in [4.69, 9.17) is 4.74 Å². The number of carbonyl (C=O) groups excluding carboxylic acids is 1. The van der Waals surface area contributed by atoms with Gasteiger partial charge in [0.2, 0.25) is 5.91 Å². The van der Waals surface area contributed by atoms with Gasteiger partial charge < -0.3 is 15.2 Å². The van der Waals surface area contributed by atoms with Crippen molar-refractivity contribution in [3.05, 3.63) is 35.7 Å². The van der Waals surface area contributed by atoms with Crippen molar-refractivity contribution in [2.45, 2.75) is 26.3 Å². The van der Waals surface area contributed by atoms with Gasteiger partial charge in [-0.05, 0) is 36.1 Å². The Kier molecular flexibility index (Phi) is 6.88. The molecule has 0 fully saturated rings. The van der Waals surface area contributed by atoms with E-state index in [9.17, 15) is 14.3 Å². The van der Waals surface area contributed by atoms with Gasteiger partial charge in [0.05, 0.1) is 19.8 Å². The molecule has 1 aromatic rings. The number of benzene rings is 1. The van der Waals surface area contributed by atoms with Crippen molar-refractivity contribution >= 4 is 12.0 Å². The summed E-state index contributed by atoms with van der Waals surface area (Å²) in [5.74, 6) is -0.255. The summed E-state index contributed by atoms with van der Waals surface area (Å²) in [6, 6.07) is 4.18. The monoisotopic (exact) mass is 295 g/mol. The SMILES string of the molecule is COc1ccc(C=CC(=O)NC(CO)CC(C)C)cc1F. The molecular formula is C16H22FNO3. The van der Waals surface area contributed by atoms with Crippen LogP contribution in [0, 0.1) is 11.7 Å². The third kappa shape index (κ3) is 5.95. The van der Waals surface area contributed by atoms with Gasteiger partial charge in [0.25, 0.3) is 0 Å². The second kappa shape index (κ2) is 8.42. The number of hydrogen-bond donors (Lipinski definition) is 2. The van der Waals surface area contributed by atoms with E-state index in [0.717, 1.165) is 0 Å². The third-order valence-corrected chi connectivity index (χ3v) is 2.93. The first-order valence-corrected chi connectivity index (χ1v) is 6.89. The summed E-state index contributed by atoms with van der Waals surface area (Å²) in [6.45, 7) is 3.94. The molecule has 0 saturated carbocycles. The fraction of sp³-hybridized carbons (Fsp3) is 0.438. The first-order valence-electron chi connectivity index (χ1n) is 6.89. The van der Waals surface area contributed by atoms with Gasteiger partial charge in [-0.3, -0.25) is 4.79 Å². The van der Waals surface area contributed by atoms with E-state index >= 15 is 0 Å². The number of ether oxygens (including phenoxy) is 1. The molecule has 1 rings (SSSR count). The molecule has 0 saturated heterocycles. The van der Waals surface area contributed by atoms with Gasteiger partial charge in [0.1, 0.15) is 0 Å². The molecule has 0 heterocycles. The zero-order valence-corrected chi connectivity index (χ0v) is 12.6. The molecule has 0 aliphatic heterocycles. The number of aliphatic hydroxyl groups is 1. The fourth-order valence-corrected chi connectivity index (χ4v) is 1.96. The van der Waals surface area contributed by atoms with E-state index in [-0.39, 0.29) is 24.3 Å². The van der Waals surface area contributed by atoms with Crippen LogP contribution in [-0.4, -0.2) is 30.8 Å². The molecule has 1 aromatic carbocycles. The Morgan fingerprint density at radius 2 is 2.19 bits per heavy atom. The van der Waals surface area contributed by atoms with Crippen molar-refractivity contribution in [2.24, 2.45) is 5.92 Å². The Morgan fingerprint density at radius 3 is 2.71 bits per heavy atom. The molecule has 21 heavy (non-hydrogen) atoms. The predicted molar refractivity (Wildman–Crippen MR) is 80.5 cm³/mol. The second-order valence-electron chi connectivity index (χ2n) is 5.24. The van der Waals surface area contributed by atoms with Crippen LogP contribution in [-0.2, 0) is 4.79 Å². The number of carbonyl (C=O) groups is 1. The Balaban J connectivity index is 2.63. The normalized spacial score (nSPS) is 12.7. The summed E-state index contributed by atoms with van der Waals surface area (Å²) in [5, 5.41) is 11.9. The summed E-state index contributed by atoms with van der Waals surface area (Å²) in [4.78, 5) is 11.7. The molecule has 5 heteroatoms.